The Morgan fingerprint density at radius 1 is 0.765 bits per heavy atom. The van der Waals surface area contributed by atoms with Crippen molar-refractivity contribution in [2.75, 3.05) is 0 Å². The monoisotopic (exact) mass is 473 g/mol. The van der Waals surface area contributed by atoms with Crippen molar-refractivity contribution >= 4 is 10.9 Å². The maximum Gasteiger partial charge on any atom is 0.170 e. The average molecular weight is 474 g/mol. The van der Waals surface area contributed by atoms with Gasteiger partial charge in [-0.25, -0.2) is 4.39 Å². The number of halogens is 1. The van der Waals surface area contributed by atoms with Crippen LogP contribution in [0, 0.1) is 35.4 Å². The molecule has 0 aromatic heterocycles. The van der Waals surface area contributed by atoms with Crippen LogP contribution in [0.1, 0.15) is 46.0 Å². The molecule has 0 aliphatic heterocycles. The van der Waals surface area contributed by atoms with E-state index in [1.54, 1.807) is 6.07 Å². The maximum absolute atomic E-state index is 15.1. The van der Waals surface area contributed by atoms with E-state index in [4.69, 9.17) is 4.74 Å². The second kappa shape index (κ2) is 8.75. The Kier molecular flexibility index (Phi) is 5.72. The van der Waals surface area contributed by atoms with E-state index in [1.807, 2.05) is 24.3 Å². The molecular weight excluding hydrogens is 439 g/mol. The molecule has 3 aromatic rings. The van der Waals surface area contributed by atoms with E-state index in [2.05, 4.69) is 62.4 Å². The van der Waals surface area contributed by atoms with Gasteiger partial charge in [0.2, 0.25) is 0 Å². The Bertz CT molecular complexity index is 1110. The highest BCUT2D eigenvalue weighted by Crippen LogP contribution is 2.63. The Hall–Kier alpha value is -2.26. The molecule has 0 spiro atoms. The van der Waals surface area contributed by atoms with Gasteiger partial charge >= 0.3 is 0 Å². The Morgan fingerprint density at radius 2 is 1.41 bits per heavy atom. The van der Waals surface area contributed by atoms with Crippen LogP contribution < -0.4 is 4.74 Å². The van der Waals surface area contributed by atoms with E-state index in [0.29, 0.717) is 11.7 Å². The summed E-state index contributed by atoms with van der Waals surface area (Å²) in [7, 11) is -0.315. The SMILES string of the molecule is CC(C)(Oc1cc([S+](c2ccccc2)c2ccccc2)ccc1F)C1CC2CC1C1CCCC21. The number of hydrogen-bond donors (Lipinski definition) is 0. The van der Waals surface area contributed by atoms with Crippen molar-refractivity contribution in [1.82, 2.24) is 0 Å². The summed E-state index contributed by atoms with van der Waals surface area (Å²) >= 11 is 0. The number of ether oxygens (including phenoxy) is 1. The molecule has 0 amide bonds. The van der Waals surface area contributed by atoms with Crippen LogP contribution in [0.5, 0.6) is 5.75 Å². The van der Waals surface area contributed by atoms with Gasteiger partial charge in [0.1, 0.15) is 5.60 Å². The van der Waals surface area contributed by atoms with Crippen molar-refractivity contribution in [1.29, 1.82) is 0 Å². The van der Waals surface area contributed by atoms with Gasteiger partial charge in [0, 0.05) is 12.0 Å². The Labute approximate surface area is 206 Å². The summed E-state index contributed by atoms with van der Waals surface area (Å²) in [4.78, 5) is 3.55. The molecule has 5 unspecified atom stereocenters. The lowest BCUT2D eigenvalue weighted by Crippen LogP contribution is -2.43. The van der Waals surface area contributed by atoms with E-state index in [-0.39, 0.29) is 22.3 Å². The van der Waals surface area contributed by atoms with Crippen LogP contribution in [0.15, 0.2) is 93.5 Å². The molecule has 0 radical (unpaired) electrons. The molecule has 3 saturated carbocycles. The standard InChI is InChI=1S/C31H34FOS/c1-31(2,28-19-21-18-27(28)26-15-9-14-25(21)26)33-30-20-24(16-17-29(30)32)34(22-10-5-3-6-11-22)23-12-7-4-8-13-23/h3-8,10-13,16-17,20-21,25-28H,9,14-15,18-19H2,1-2H3/q+1. The Balaban J connectivity index is 1.31. The topological polar surface area (TPSA) is 9.23 Å². The van der Waals surface area contributed by atoms with Gasteiger partial charge in [-0.05, 0) is 99.6 Å². The molecule has 3 aliphatic rings. The van der Waals surface area contributed by atoms with Gasteiger partial charge in [0.15, 0.2) is 26.3 Å². The molecule has 3 fully saturated rings. The highest BCUT2D eigenvalue weighted by atomic mass is 32.2. The number of fused-ring (bicyclic) bond motifs is 5. The predicted octanol–water partition coefficient (Wildman–Crippen LogP) is 8.15. The van der Waals surface area contributed by atoms with E-state index < -0.39 is 0 Å². The van der Waals surface area contributed by atoms with Crippen LogP contribution in [-0.2, 0) is 10.9 Å². The summed E-state index contributed by atoms with van der Waals surface area (Å²) in [6.07, 6.45) is 6.82. The molecule has 34 heavy (non-hydrogen) atoms. The summed E-state index contributed by atoms with van der Waals surface area (Å²) in [5.74, 6) is 4.11. The summed E-state index contributed by atoms with van der Waals surface area (Å²) < 4.78 is 21.7. The largest absolute Gasteiger partial charge is 0.484 e. The average Bonchev–Trinajstić information content (AvgIpc) is 3.57. The fourth-order valence-corrected chi connectivity index (χ4v) is 9.54. The van der Waals surface area contributed by atoms with Crippen molar-refractivity contribution in [2.24, 2.45) is 29.6 Å². The first-order chi connectivity index (χ1) is 16.5. The fourth-order valence-electron chi connectivity index (χ4n) is 7.44. The second-order valence-corrected chi connectivity index (χ2v) is 13.0. The second-order valence-electron chi connectivity index (χ2n) is 11.0. The molecule has 0 heterocycles. The molecule has 0 N–H and O–H groups in total. The first-order valence-electron chi connectivity index (χ1n) is 12.8. The quantitative estimate of drug-likeness (QED) is 0.328. The minimum atomic E-state index is -0.370. The Morgan fingerprint density at radius 3 is 2.09 bits per heavy atom. The lowest BCUT2D eigenvalue weighted by atomic mass is 9.70. The van der Waals surface area contributed by atoms with Crippen LogP contribution in [0.2, 0.25) is 0 Å². The van der Waals surface area contributed by atoms with Gasteiger partial charge in [-0.2, -0.15) is 0 Å². The van der Waals surface area contributed by atoms with Gasteiger partial charge in [-0.3, -0.25) is 0 Å². The van der Waals surface area contributed by atoms with Gasteiger partial charge in [0.25, 0.3) is 0 Å². The first kappa shape index (κ1) is 22.2. The van der Waals surface area contributed by atoms with Crippen LogP contribution in [-0.4, -0.2) is 5.60 Å². The molecule has 3 aliphatic carbocycles. The van der Waals surface area contributed by atoms with Crippen molar-refractivity contribution in [2.45, 2.75) is 66.2 Å². The minimum Gasteiger partial charge on any atom is -0.484 e. The predicted molar refractivity (Wildman–Crippen MR) is 137 cm³/mol. The van der Waals surface area contributed by atoms with Crippen molar-refractivity contribution in [3.05, 3.63) is 84.7 Å². The molecule has 5 atom stereocenters. The summed E-state index contributed by atoms with van der Waals surface area (Å²) in [5.41, 5.74) is -0.370. The van der Waals surface area contributed by atoms with Crippen molar-refractivity contribution in [3.63, 3.8) is 0 Å². The smallest absolute Gasteiger partial charge is 0.170 e. The summed E-state index contributed by atoms with van der Waals surface area (Å²) in [5, 5.41) is 0. The third-order valence-electron chi connectivity index (χ3n) is 8.79. The van der Waals surface area contributed by atoms with Gasteiger partial charge < -0.3 is 4.74 Å². The van der Waals surface area contributed by atoms with Crippen LogP contribution in [0.3, 0.4) is 0 Å². The molecular formula is C31H34FOS+. The first-order valence-corrected chi connectivity index (χ1v) is 14.1. The van der Waals surface area contributed by atoms with E-state index in [9.17, 15) is 0 Å². The third-order valence-corrected chi connectivity index (χ3v) is 11.0. The molecule has 6 rings (SSSR count). The highest BCUT2D eigenvalue weighted by molar-refractivity contribution is 7.97. The lowest BCUT2D eigenvalue weighted by molar-refractivity contribution is -0.00818. The fraction of sp³-hybridized carbons (Fsp3) is 0.419. The molecule has 2 bridgehead atoms. The van der Waals surface area contributed by atoms with E-state index >= 15 is 4.39 Å². The normalized spacial score (nSPS) is 27.8. The zero-order valence-corrected chi connectivity index (χ0v) is 20.9. The molecule has 3 heteroatoms. The molecule has 1 nitrogen and oxygen atoms in total. The van der Waals surface area contributed by atoms with Crippen molar-refractivity contribution in [3.8, 4) is 5.75 Å². The van der Waals surface area contributed by atoms with Crippen molar-refractivity contribution < 1.29 is 9.13 Å². The maximum atomic E-state index is 15.1. The van der Waals surface area contributed by atoms with Crippen LogP contribution in [0.4, 0.5) is 4.39 Å². The zero-order valence-electron chi connectivity index (χ0n) is 20.1. The highest BCUT2D eigenvalue weighted by Gasteiger charge is 2.57. The summed E-state index contributed by atoms with van der Waals surface area (Å²) in [6, 6.07) is 26.5. The number of hydrogen-bond acceptors (Lipinski definition) is 1. The van der Waals surface area contributed by atoms with E-state index in [1.165, 1.54) is 41.9 Å². The molecule has 3 aromatic carbocycles. The third kappa shape index (κ3) is 3.86. The lowest BCUT2D eigenvalue weighted by Gasteiger charge is -2.41. The summed E-state index contributed by atoms with van der Waals surface area (Å²) in [6.45, 7) is 4.39. The van der Waals surface area contributed by atoms with Gasteiger partial charge in [0.05, 0.1) is 10.9 Å². The van der Waals surface area contributed by atoms with Crippen LogP contribution >= 0.6 is 0 Å². The molecule has 176 valence electrons. The number of benzene rings is 3. The zero-order chi connectivity index (χ0) is 23.3. The molecule has 0 saturated heterocycles. The van der Waals surface area contributed by atoms with Gasteiger partial charge in [-0.1, -0.05) is 42.8 Å². The minimum absolute atomic E-state index is 0.261. The van der Waals surface area contributed by atoms with Gasteiger partial charge in [-0.15, -0.1) is 0 Å². The number of rotatable bonds is 6. The van der Waals surface area contributed by atoms with E-state index in [0.717, 1.165) is 28.6 Å². The van der Waals surface area contributed by atoms with Crippen LogP contribution in [0.25, 0.3) is 0 Å².